The molecule has 168 valence electrons. The van der Waals surface area contributed by atoms with E-state index < -0.39 is 0 Å². The molecule has 10 heteroatoms. The van der Waals surface area contributed by atoms with Gasteiger partial charge in [0.2, 0.25) is 5.71 Å². The second-order valence-electron chi connectivity index (χ2n) is 7.92. The molecular formula is C21H28N4O6. The van der Waals surface area contributed by atoms with E-state index in [0.717, 1.165) is 12.8 Å². The number of fused-ring (bicyclic) bond motifs is 1. The molecule has 0 bridgehead atoms. The third kappa shape index (κ3) is 4.22. The minimum absolute atomic E-state index is 0.00214. The number of aryl methyl sites for hydroxylation is 2. The maximum atomic E-state index is 13.3. The molecular weight excluding hydrogens is 404 g/mol. The molecule has 0 N–H and O–H groups in total. The van der Waals surface area contributed by atoms with Gasteiger partial charge >= 0.3 is 0 Å². The van der Waals surface area contributed by atoms with Crippen molar-refractivity contribution in [3.63, 3.8) is 0 Å². The second kappa shape index (κ2) is 9.19. The fourth-order valence-corrected chi connectivity index (χ4v) is 4.20. The van der Waals surface area contributed by atoms with Gasteiger partial charge in [-0.05, 0) is 26.2 Å². The number of nitrogens with zero attached hydrogens (tertiary/aromatic N) is 4. The van der Waals surface area contributed by atoms with E-state index in [1.807, 2.05) is 0 Å². The largest absolute Gasteiger partial charge is 0.442 e. The summed E-state index contributed by atoms with van der Waals surface area (Å²) in [7, 11) is 1.61. The van der Waals surface area contributed by atoms with Crippen LogP contribution in [0.15, 0.2) is 15.5 Å². The second-order valence-corrected chi connectivity index (χ2v) is 7.92. The first-order valence-corrected chi connectivity index (χ1v) is 10.7. The molecule has 2 aromatic heterocycles. The number of hydrogen-bond donors (Lipinski definition) is 0. The molecule has 10 nitrogen and oxygen atoms in total. The van der Waals surface area contributed by atoms with Crippen LogP contribution in [0.2, 0.25) is 0 Å². The van der Waals surface area contributed by atoms with Crippen molar-refractivity contribution in [3.05, 3.63) is 28.0 Å². The van der Waals surface area contributed by atoms with Gasteiger partial charge in [-0.25, -0.2) is 4.98 Å². The van der Waals surface area contributed by atoms with E-state index in [1.165, 1.54) is 10.9 Å². The maximum absolute atomic E-state index is 13.3. The Kier molecular flexibility index (Phi) is 6.38. The normalized spacial score (nSPS) is 19.4. The Balaban J connectivity index is 1.51. The fourth-order valence-electron chi connectivity index (χ4n) is 4.20. The highest BCUT2D eigenvalue weighted by molar-refractivity contribution is 6.06. The van der Waals surface area contributed by atoms with E-state index in [9.17, 15) is 14.4 Å². The summed E-state index contributed by atoms with van der Waals surface area (Å²) in [6, 6.07) is 0. The van der Waals surface area contributed by atoms with Crippen molar-refractivity contribution in [2.24, 2.45) is 0 Å². The molecule has 0 aromatic carbocycles. The van der Waals surface area contributed by atoms with E-state index in [-0.39, 0.29) is 40.1 Å². The van der Waals surface area contributed by atoms with E-state index in [0.29, 0.717) is 58.1 Å². The lowest BCUT2D eigenvalue weighted by molar-refractivity contribution is -0.142. The number of furan rings is 1. The Bertz CT molecular complexity index is 1010. The molecule has 2 aromatic rings. The number of aromatic nitrogens is 2. The Hall–Kier alpha value is -2.72. The zero-order valence-corrected chi connectivity index (χ0v) is 18.0. The zero-order chi connectivity index (χ0) is 22.0. The summed E-state index contributed by atoms with van der Waals surface area (Å²) in [5, 5.41) is 0.209. The van der Waals surface area contributed by atoms with Crippen molar-refractivity contribution < 1.29 is 23.5 Å². The predicted molar refractivity (Wildman–Crippen MR) is 111 cm³/mol. The van der Waals surface area contributed by atoms with Gasteiger partial charge in [-0.1, -0.05) is 0 Å². The van der Waals surface area contributed by atoms with Gasteiger partial charge in [0, 0.05) is 53.0 Å². The minimum atomic E-state index is -0.357. The lowest BCUT2D eigenvalue weighted by Crippen LogP contribution is -2.53. The van der Waals surface area contributed by atoms with E-state index in [1.54, 1.807) is 23.8 Å². The number of carbonyl (C=O) groups excluding carboxylic acids is 2. The highest BCUT2D eigenvalue weighted by Crippen LogP contribution is 2.24. The third-order valence-corrected chi connectivity index (χ3v) is 5.90. The summed E-state index contributed by atoms with van der Waals surface area (Å²) in [5.74, 6) is 0.101. The highest BCUT2D eigenvalue weighted by Gasteiger charge is 2.33. The summed E-state index contributed by atoms with van der Waals surface area (Å²) in [5.41, 5.74) is 0.127. The summed E-state index contributed by atoms with van der Waals surface area (Å²) in [6.07, 6.45) is 3.39. The van der Waals surface area contributed by atoms with Gasteiger partial charge in [0.1, 0.15) is 23.6 Å². The molecule has 0 radical (unpaired) electrons. The maximum Gasteiger partial charge on any atom is 0.265 e. The quantitative estimate of drug-likeness (QED) is 0.622. The molecule has 0 spiro atoms. The van der Waals surface area contributed by atoms with Crippen LogP contribution in [0.25, 0.3) is 11.1 Å². The Morgan fingerprint density at radius 2 is 1.97 bits per heavy atom. The molecule has 2 amide bonds. The summed E-state index contributed by atoms with van der Waals surface area (Å²) in [6.45, 7) is 4.93. The van der Waals surface area contributed by atoms with Crippen molar-refractivity contribution in [2.45, 2.75) is 38.8 Å². The number of methoxy groups -OCH3 is 1. The fraction of sp³-hybridized carbons (Fsp3) is 0.619. The predicted octanol–water partition coefficient (Wildman–Crippen LogP) is 0.798. The van der Waals surface area contributed by atoms with Crippen LogP contribution in [0.4, 0.5) is 0 Å². The van der Waals surface area contributed by atoms with Crippen molar-refractivity contribution in [3.8, 4) is 0 Å². The molecule has 2 saturated heterocycles. The number of piperazine rings is 1. The van der Waals surface area contributed by atoms with Crippen LogP contribution in [0.1, 0.15) is 35.4 Å². The van der Waals surface area contributed by atoms with Gasteiger partial charge in [0.05, 0.1) is 5.56 Å². The average molecular weight is 432 g/mol. The summed E-state index contributed by atoms with van der Waals surface area (Å²) >= 11 is 0. The van der Waals surface area contributed by atoms with Crippen molar-refractivity contribution in [1.29, 1.82) is 0 Å². The van der Waals surface area contributed by atoms with Crippen molar-refractivity contribution in [1.82, 2.24) is 19.4 Å². The zero-order valence-electron chi connectivity index (χ0n) is 18.0. The molecule has 0 saturated carbocycles. The lowest BCUT2D eigenvalue weighted by Gasteiger charge is -2.35. The Morgan fingerprint density at radius 1 is 1.23 bits per heavy atom. The first-order valence-electron chi connectivity index (χ1n) is 10.7. The average Bonchev–Trinajstić information content (AvgIpc) is 3.43. The van der Waals surface area contributed by atoms with Crippen LogP contribution in [0.5, 0.6) is 0 Å². The number of hydrogen-bond acceptors (Lipinski definition) is 7. The Labute approximate surface area is 179 Å². The van der Waals surface area contributed by atoms with Crippen LogP contribution < -0.4 is 5.56 Å². The van der Waals surface area contributed by atoms with Gasteiger partial charge in [0.15, 0.2) is 0 Å². The van der Waals surface area contributed by atoms with E-state index in [4.69, 9.17) is 13.9 Å². The Morgan fingerprint density at radius 3 is 2.65 bits per heavy atom. The van der Waals surface area contributed by atoms with Crippen LogP contribution in [-0.2, 0) is 20.8 Å². The molecule has 1 atom stereocenters. The van der Waals surface area contributed by atoms with E-state index >= 15 is 0 Å². The van der Waals surface area contributed by atoms with Crippen LogP contribution in [0, 0.1) is 6.92 Å². The van der Waals surface area contributed by atoms with Gasteiger partial charge in [0.25, 0.3) is 17.4 Å². The number of amides is 2. The SMILES string of the molecule is COCCCn1cnc2oc(C)c(C(=O)N3CCN(C(=O)C4CCCO4)CC3)c2c1=O. The number of rotatable bonds is 6. The van der Waals surface area contributed by atoms with E-state index in [2.05, 4.69) is 4.98 Å². The van der Waals surface area contributed by atoms with Gasteiger partial charge in [-0.2, -0.15) is 0 Å². The summed E-state index contributed by atoms with van der Waals surface area (Å²) < 4.78 is 17.6. The molecule has 4 rings (SSSR count). The first kappa shape index (κ1) is 21.5. The lowest BCUT2D eigenvalue weighted by atomic mass is 10.1. The van der Waals surface area contributed by atoms with Crippen molar-refractivity contribution in [2.75, 3.05) is 46.5 Å². The van der Waals surface area contributed by atoms with Crippen LogP contribution in [0.3, 0.4) is 0 Å². The molecule has 31 heavy (non-hydrogen) atoms. The minimum Gasteiger partial charge on any atom is -0.442 e. The number of carbonyl (C=O) groups is 2. The third-order valence-electron chi connectivity index (χ3n) is 5.90. The molecule has 2 aliphatic rings. The molecule has 2 fully saturated rings. The van der Waals surface area contributed by atoms with Gasteiger partial charge < -0.3 is 23.7 Å². The monoisotopic (exact) mass is 432 g/mol. The van der Waals surface area contributed by atoms with Crippen LogP contribution >= 0.6 is 0 Å². The number of ether oxygens (including phenoxy) is 2. The smallest absolute Gasteiger partial charge is 0.265 e. The molecule has 1 unspecified atom stereocenters. The molecule has 0 aliphatic carbocycles. The topological polar surface area (TPSA) is 107 Å². The van der Waals surface area contributed by atoms with Gasteiger partial charge in [-0.15, -0.1) is 0 Å². The van der Waals surface area contributed by atoms with Crippen LogP contribution in [-0.4, -0.2) is 83.8 Å². The summed E-state index contributed by atoms with van der Waals surface area (Å²) in [4.78, 5) is 46.5. The van der Waals surface area contributed by atoms with Crippen molar-refractivity contribution >= 4 is 22.9 Å². The highest BCUT2D eigenvalue weighted by atomic mass is 16.5. The van der Waals surface area contributed by atoms with Gasteiger partial charge in [-0.3, -0.25) is 19.0 Å². The first-order chi connectivity index (χ1) is 15.0. The standard InChI is InChI=1S/C21H28N4O6/c1-14-16(17-18(31-14)22-13-25(21(17)28)6-4-11-29-2)20(27)24-9-7-23(8-10-24)19(26)15-5-3-12-30-15/h13,15H,3-12H2,1-2H3. The molecule has 4 heterocycles. The molecule has 2 aliphatic heterocycles.